The highest BCUT2D eigenvalue weighted by molar-refractivity contribution is 5.71. The van der Waals surface area contributed by atoms with E-state index in [-0.39, 0.29) is 31.1 Å². The van der Waals surface area contributed by atoms with Gasteiger partial charge in [-0.25, -0.2) is 0 Å². The van der Waals surface area contributed by atoms with Crippen LogP contribution >= 0.6 is 0 Å². The number of carbonyl (C=O) groups excluding carboxylic acids is 3. The van der Waals surface area contributed by atoms with E-state index in [2.05, 4.69) is 45.1 Å². The molecule has 0 saturated heterocycles. The summed E-state index contributed by atoms with van der Waals surface area (Å²) in [5.41, 5.74) is 0. The van der Waals surface area contributed by atoms with Crippen LogP contribution in [0.1, 0.15) is 323 Å². The number of ether oxygens (including phenoxy) is 3. The lowest BCUT2D eigenvalue weighted by molar-refractivity contribution is -0.167. The summed E-state index contributed by atoms with van der Waals surface area (Å²) in [5.74, 6) is -0.859. The van der Waals surface area contributed by atoms with Crippen LogP contribution in [0.3, 0.4) is 0 Å². The van der Waals surface area contributed by atoms with Crippen molar-refractivity contribution in [3.63, 3.8) is 0 Å². The van der Waals surface area contributed by atoms with Gasteiger partial charge in [-0.2, -0.15) is 0 Å². The van der Waals surface area contributed by atoms with Crippen LogP contribution in [0, 0.1) is 0 Å². The average Bonchev–Trinajstić information content (AvgIpc) is 3.31. The summed E-state index contributed by atoms with van der Waals surface area (Å²) in [6, 6.07) is 0. The quantitative estimate of drug-likeness (QED) is 0.0262. The summed E-state index contributed by atoms with van der Waals surface area (Å²) in [5, 5.41) is 0. The van der Waals surface area contributed by atoms with Crippen LogP contribution in [0.4, 0.5) is 0 Å². The first kappa shape index (κ1) is 63.9. The Bertz CT molecular complexity index is 1070. The molecule has 0 aromatic heterocycles. The van der Waals surface area contributed by atoms with Crippen LogP contribution in [0.2, 0.25) is 0 Å². The molecule has 0 bridgehead atoms. The molecule has 0 N–H and O–H groups in total. The topological polar surface area (TPSA) is 78.9 Å². The molecule has 0 amide bonds. The third kappa shape index (κ3) is 52.9. The van der Waals surface area contributed by atoms with Gasteiger partial charge in [0, 0.05) is 19.3 Å². The summed E-state index contributed by atoms with van der Waals surface area (Å²) >= 11 is 0. The van der Waals surface area contributed by atoms with Crippen molar-refractivity contribution in [2.75, 3.05) is 13.2 Å². The van der Waals surface area contributed by atoms with Gasteiger partial charge >= 0.3 is 17.9 Å². The minimum Gasteiger partial charge on any atom is -0.462 e. The van der Waals surface area contributed by atoms with E-state index in [1.807, 2.05) is 0 Å². The predicted molar refractivity (Wildman–Crippen MR) is 284 cm³/mol. The molecule has 0 aromatic carbocycles. The SMILES string of the molecule is CCCCCCC/C=C\C/C=C\CCCCCCCCCCCCCC(=O)OCC(COC(=O)CCCCCCCC)OC(=O)CCCCCCCCCCCCCCCCCCCCC. The third-order valence-electron chi connectivity index (χ3n) is 13.2. The number of carbonyl (C=O) groups is 3. The van der Waals surface area contributed by atoms with Gasteiger partial charge in [0.1, 0.15) is 13.2 Å². The van der Waals surface area contributed by atoms with Crippen molar-refractivity contribution in [3.8, 4) is 0 Å². The maximum absolute atomic E-state index is 12.8. The van der Waals surface area contributed by atoms with Gasteiger partial charge in [0.05, 0.1) is 0 Å². The monoisotopic (exact) mass is 929 g/mol. The molecule has 6 heteroatoms. The normalized spacial score (nSPS) is 12.1. The summed E-state index contributed by atoms with van der Waals surface area (Å²) in [6.45, 7) is 6.62. The van der Waals surface area contributed by atoms with Gasteiger partial charge in [-0.05, 0) is 51.4 Å². The van der Waals surface area contributed by atoms with E-state index in [0.717, 1.165) is 64.2 Å². The zero-order valence-corrected chi connectivity index (χ0v) is 44.5. The largest absolute Gasteiger partial charge is 0.462 e. The van der Waals surface area contributed by atoms with Crippen molar-refractivity contribution < 1.29 is 28.6 Å². The lowest BCUT2D eigenvalue weighted by Gasteiger charge is -2.18. The highest BCUT2D eigenvalue weighted by atomic mass is 16.6. The molecule has 6 nitrogen and oxygen atoms in total. The maximum atomic E-state index is 12.8. The Morgan fingerprint density at radius 2 is 0.545 bits per heavy atom. The van der Waals surface area contributed by atoms with Gasteiger partial charge < -0.3 is 14.2 Å². The first-order valence-electron chi connectivity index (χ1n) is 29.3. The highest BCUT2D eigenvalue weighted by Crippen LogP contribution is 2.17. The van der Waals surface area contributed by atoms with Crippen molar-refractivity contribution in [2.45, 2.75) is 329 Å². The second-order valence-electron chi connectivity index (χ2n) is 19.9. The zero-order valence-electron chi connectivity index (χ0n) is 44.5. The Labute approximate surface area is 411 Å². The van der Waals surface area contributed by atoms with Gasteiger partial charge in [-0.3, -0.25) is 14.4 Å². The summed E-state index contributed by atoms with van der Waals surface area (Å²) in [7, 11) is 0. The Hall–Kier alpha value is -2.11. The molecule has 0 aliphatic rings. The van der Waals surface area contributed by atoms with Crippen LogP contribution in [0.15, 0.2) is 24.3 Å². The summed E-state index contributed by atoms with van der Waals surface area (Å²) in [4.78, 5) is 37.9. The fourth-order valence-electron chi connectivity index (χ4n) is 8.77. The predicted octanol–water partition coefficient (Wildman–Crippen LogP) is 19.5. The number of hydrogen-bond donors (Lipinski definition) is 0. The second kappa shape index (κ2) is 55.5. The molecule has 0 rings (SSSR count). The molecule has 0 saturated carbocycles. The first-order chi connectivity index (χ1) is 32.5. The molecular formula is C60H112O6. The average molecular weight is 930 g/mol. The van der Waals surface area contributed by atoms with Crippen molar-refractivity contribution in [1.82, 2.24) is 0 Å². The smallest absolute Gasteiger partial charge is 0.306 e. The molecule has 0 aliphatic heterocycles. The molecule has 0 heterocycles. The van der Waals surface area contributed by atoms with E-state index in [4.69, 9.17) is 14.2 Å². The molecule has 1 unspecified atom stereocenters. The fraction of sp³-hybridized carbons (Fsp3) is 0.883. The van der Waals surface area contributed by atoms with Gasteiger partial charge in [-0.1, -0.05) is 276 Å². The fourth-order valence-corrected chi connectivity index (χ4v) is 8.77. The third-order valence-corrected chi connectivity index (χ3v) is 13.2. The van der Waals surface area contributed by atoms with Crippen molar-refractivity contribution in [2.24, 2.45) is 0 Å². The van der Waals surface area contributed by atoms with E-state index in [0.29, 0.717) is 19.3 Å². The van der Waals surface area contributed by atoms with E-state index in [1.165, 1.54) is 218 Å². The molecule has 0 aromatic rings. The van der Waals surface area contributed by atoms with E-state index in [1.54, 1.807) is 0 Å². The Balaban J connectivity index is 4.09. The minimum absolute atomic E-state index is 0.0677. The molecule has 0 aliphatic carbocycles. The Kier molecular flexibility index (Phi) is 53.7. The van der Waals surface area contributed by atoms with E-state index >= 15 is 0 Å². The second-order valence-corrected chi connectivity index (χ2v) is 19.9. The molecule has 0 spiro atoms. The van der Waals surface area contributed by atoms with Gasteiger partial charge in [0.15, 0.2) is 6.10 Å². The summed E-state index contributed by atoms with van der Waals surface area (Å²) < 4.78 is 16.8. The van der Waals surface area contributed by atoms with Gasteiger partial charge in [-0.15, -0.1) is 0 Å². The van der Waals surface area contributed by atoms with Crippen LogP contribution in [0.5, 0.6) is 0 Å². The molecule has 388 valence electrons. The molecule has 1 atom stereocenters. The number of rotatable bonds is 54. The van der Waals surface area contributed by atoms with Crippen molar-refractivity contribution >= 4 is 17.9 Å². The highest BCUT2D eigenvalue weighted by Gasteiger charge is 2.19. The molecule has 66 heavy (non-hydrogen) atoms. The van der Waals surface area contributed by atoms with Crippen LogP contribution < -0.4 is 0 Å². The van der Waals surface area contributed by atoms with Gasteiger partial charge in [0.25, 0.3) is 0 Å². The minimum atomic E-state index is -0.765. The van der Waals surface area contributed by atoms with Crippen LogP contribution in [-0.2, 0) is 28.6 Å². The summed E-state index contributed by atoms with van der Waals surface area (Å²) in [6.07, 6.45) is 64.9. The molecular weight excluding hydrogens is 817 g/mol. The lowest BCUT2D eigenvalue weighted by atomic mass is 10.0. The first-order valence-corrected chi connectivity index (χ1v) is 29.3. The lowest BCUT2D eigenvalue weighted by Crippen LogP contribution is -2.30. The number of esters is 3. The number of hydrogen-bond acceptors (Lipinski definition) is 6. The van der Waals surface area contributed by atoms with Crippen LogP contribution in [0.25, 0.3) is 0 Å². The Morgan fingerprint density at radius 3 is 0.833 bits per heavy atom. The van der Waals surface area contributed by atoms with Crippen molar-refractivity contribution in [1.29, 1.82) is 0 Å². The van der Waals surface area contributed by atoms with Crippen molar-refractivity contribution in [3.05, 3.63) is 24.3 Å². The van der Waals surface area contributed by atoms with E-state index in [9.17, 15) is 14.4 Å². The van der Waals surface area contributed by atoms with Crippen LogP contribution in [-0.4, -0.2) is 37.2 Å². The standard InChI is InChI=1S/C60H112O6/c1-4-7-10-13-16-18-20-22-24-26-28-29-30-31-33-34-36-38-40-42-44-47-50-53-59(62)65-56-57(55-64-58(61)52-49-46-15-12-9-6-3)66-60(63)54-51-48-45-43-41-39-37-35-32-27-25-23-21-19-17-14-11-8-5-2/h20,22,26,28,57H,4-19,21,23-25,27,29-56H2,1-3H3/b22-20-,28-26-. The molecule has 0 fully saturated rings. The van der Waals surface area contributed by atoms with E-state index < -0.39 is 6.10 Å². The zero-order chi connectivity index (χ0) is 47.9. The Morgan fingerprint density at radius 1 is 0.303 bits per heavy atom. The number of unbranched alkanes of at least 4 members (excludes halogenated alkanes) is 39. The molecule has 0 radical (unpaired) electrons. The number of allylic oxidation sites excluding steroid dienone is 4. The van der Waals surface area contributed by atoms with Gasteiger partial charge in [0.2, 0.25) is 0 Å². The maximum Gasteiger partial charge on any atom is 0.306 e.